The van der Waals surface area contributed by atoms with E-state index in [0.29, 0.717) is 19.1 Å². The van der Waals surface area contributed by atoms with Crippen LogP contribution in [-0.2, 0) is 9.53 Å². The zero-order chi connectivity index (χ0) is 11.1. The van der Waals surface area contributed by atoms with Crippen LogP contribution in [0.3, 0.4) is 0 Å². The van der Waals surface area contributed by atoms with Gasteiger partial charge in [-0.2, -0.15) is 0 Å². The van der Waals surface area contributed by atoms with Crippen LogP contribution in [0.5, 0.6) is 0 Å². The second-order valence-corrected chi connectivity index (χ2v) is 4.55. The summed E-state index contributed by atoms with van der Waals surface area (Å²) in [7, 11) is 0. The first-order valence-corrected chi connectivity index (χ1v) is 6.09. The number of carbonyl (C=O) groups is 1. The SMILES string of the molecule is CCCOCCC(=O)NC1CCC(C)C1. The summed E-state index contributed by atoms with van der Waals surface area (Å²) in [6.45, 7) is 5.63. The maximum atomic E-state index is 11.5. The van der Waals surface area contributed by atoms with E-state index in [1.165, 1.54) is 6.42 Å². The van der Waals surface area contributed by atoms with Crippen molar-refractivity contribution in [2.45, 2.75) is 52.0 Å². The van der Waals surface area contributed by atoms with Crippen LogP contribution >= 0.6 is 0 Å². The highest BCUT2D eigenvalue weighted by Crippen LogP contribution is 2.24. The number of ether oxygens (including phenoxy) is 1. The van der Waals surface area contributed by atoms with E-state index in [9.17, 15) is 4.79 Å². The molecule has 0 bridgehead atoms. The Labute approximate surface area is 92.6 Å². The molecule has 1 rings (SSSR count). The Morgan fingerprint density at radius 3 is 2.80 bits per heavy atom. The van der Waals surface area contributed by atoms with Crippen LogP contribution in [0.25, 0.3) is 0 Å². The molecule has 1 saturated carbocycles. The zero-order valence-corrected chi connectivity index (χ0v) is 9.92. The minimum absolute atomic E-state index is 0.144. The van der Waals surface area contributed by atoms with Crippen LogP contribution < -0.4 is 5.32 Å². The molecule has 3 heteroatoms. The third kappa shape index (κ3) is 5.17. The van der Waals surface area contributed by atoms with E-state index >= 15 is 0 Å². The summed E-state index contributed by atoms with van der Waals surface area (Å²) in [4.78, 5) is 11.5. The van der Waals surface area contributed by atoms with Crippen LogP contribution in [0.4, 0.5) is 0 Å². The number of hydrogen-bond donors (Lipinski definition) is 1. The molecule has 0 aliphatic heterocycles. The van der Waals surface area contributed by atoms with Crippen molar-refractivity contribution < 1.29 is 9.53 Å². The molecule has 1 N–H and O–H groups in total. The molecule has 0 heterocycles. The lowest BCUT2D eigenvalue weighted by molar-refractivity contribution is -0.122. The molecule has 1 amide bonds. The van der Waals surface area contributed by atoms with Gasteiger partial charge in [-0.3, -0.25) is 4.79 Å². The van der Waals surface area contributed by atoms with Crippen molar-refractivity contribution in [1.82, 2.24) is 5.32 Å². The Bertz CT molecular complexity index is 194. The summed E-state index contributed by atoms with van der Waals surface area (Å²) < 4.78 is 5.28. The molecule has 0 aromatic heterocycles. The molecule has 0 saturated heterocycles. The maximum Gasteiger partial charge on any atom is 0.222 e. The summed E-state index contributed by atoms with van der Waals surface area (Å²) in [5.41, 5.74) is 0. The number of amides is 1. The summed E-state index contributed by atoms with van der Waals surface area (Å²) >= 11 is 0. The molecule has 2 atom stereocenters. The van der Waals surface area contributed by atoms with Gasteiger partial charge in [0.25, 0.3) is 0 Å². The molecule has 3 nitrogen and oxygen atoms in total. The predicted molar refractivity (Wildman–Crippen MR) is 60.7 cm³/mol. The van der Waals surface area contributed by atoms with E-state index in [2.05, 4.69) is 19.2 Å². The molecule has 0 radical (unpaired) electrons. The van der Waals surface area contributed by atoms with Gasteiger partial charge in [-0.05, 0) is 31.6 Å². The number of rotatable bonds is 6. The minimum Gasteiger partial charge on any atom is -0.381 e. The summed E-state index contributed by atoms with van der Waals surface area (Å²) in [6, 6.07) is 0.415. The number of hydrogen-bond acceptors (Lipinski definition) is 2. The zero-order valence-electron chi connectivity index (χ0n) is 9.92. The maximum absolute atomic E-state index is 11.5. The van der Waals surface area contributed by atoms with Crippen LogP contribution in [0, 0.1) is 5.92 Å². The predicted octanol–water partition coefficient (Wildman–Crippen LogP) is 2.11. The van der Waals surface area contributed by atoms with Gasteiger partial charge in [0.2, 0.25) is 5.91 Å². The van der Waals surface area contributed by atoms with Crippen molar-refractivity contribution in [3.8, 4) is 0 Å². The topological polar surface area (TPSA) is 38.3 Å². The van der Waals surface area contributed by atoms with Gasteiger partial charge in [0.15, 0.2) is 0 Å². The highest BCUT2D eigenvalue weighted by atomic mass is 16.5. The quantitative estimate of drug-likeness (QED) is 0.686. The van der Waals surface area contributed by atoms with Gasteiger partial charge >= 0.3 is 0 Å². The molecule has 0 spiro atoms. The van der Waals surface area contributed by atoms with Crippen molar-refractivity contribution >= 4 is 5.91 Å². The second-order valence-electron chi connectivity index (χ2n) is 4.55. The van der Waals surface area contributed by atoms with Crippen LogP contribution in [0.2, 0.25) is 0 Å². The smallest absolute Gasteiger partial charge is 0.222 e. The summed E-state index contributed by atoms with van der Waals surface area (Å²) in [5, 5.41) is 3.07. The number of carbonyl (C=O) groups excluding carboxylic acids is 1. The third-order valence-corrected chi connectivity index (χ3v) is 2.88. The van der Waals surface area contributed by atoms with Crippen molar-refractivity contribution in [1.29, 1.82) is 0 Å². The van der Waals surface area contributed by atoms with Crippen molar-refractivity contribution in [3.05, 3.63) is 0 Å². The first-order valence-electron chi connectivity index (χ1n) is 6.09. The highest BCUT2D eigenvalue weighted by molar-refractivity contribution is 5.76. The Hall–Kier alpha value is -0.570. The molecule has 15 heavy (non-hydrogen) atoms. The highest BCUT2D eigenvalue weighted by Gasteiger charge is 2.22. The first kappa shape index (κ1) is 12.5. The van der Waals surface area contributed by atoms with Gasteiger partial charge < -0.3 is 10.1 Å². The van der Waals surface area contributed by atoms with E-state index in [0.717, 1.165) is 31.8 Å². The third-order valence-electron chi connectivity index (χ3n) is 2.88. The lowest BCUT2D eigenvalue weighted by Gasteiger charge is -2.12. The van der Waals surface area contributed by atoms with Gasteiger partial charge in [0.05, 0.1) is 6.61 Å². The molecule has 1 aliphatic rings. The van der Waals surface area contributed by atoms with Crippen LogP contribution in [0.1, 0.15) is 46.0 Å². The van der Waals surface area contributed by atoms with Gasteiger partial charge in [-0.15, -0.1) is 0 Å². The molecule has 0 aromatic carbocycles. The average Bonchev–Trinajstić information content (AvgIpc) is 2.59. The number of nitrogens with one attached hydrogen (secondary N) is 1. The fraction of sp³-hybridized carbons (Fsp3) is 0.917. The Kier molecular flexibility index (Phi) is 5.69. The van der Waals surface area contributed by atoms with E-state index in [-0.39, 0.29) is 5.91 Å². The van der Waals surface area contributed by atoms with E-state index in [1.807, 2.05) is 0 Å². The molecule has 2 unspecified atom stereocenters. The van der Waals surface area contributed by atoms with Crippen molar-refractivity contribution in [2.24, 2.45) is 5.92 Å². The fourth-order valence-electron chi connectivity index (χ4n) is 2.05. The molecule has 0 aromatic rings. The standard InChI is InChI=1S/C12H23NO2/c1-3-7-15-8-6-12(14)13-11-5-4-10(2)9-11/h10-11H,3-9H2,1-2H3,(H,13,14). The molecule has 1 fully saturated rings. The van der Waals surface area contributed by atoms with Gasteiger partial charge in [-0.25, -0.2) is 0 Å². The largest absolute Gasteiger partial charge is 0.381 e. The van der Waals surface area contributed by atoms with Crippen LogP contribution in [0.15, 0.2) is 0 Å². The lowest BCUT2D eigenvalue weighted by Crippen LogP contribution is -2.33. The first-order chi connectivity index (χ1) is 7.22. The molecule has 1 aliphatic carbocycles. The normalized spacial score (nSPS) is 25.5. The Morgan fingerprint density at radius 1 is 1.40 bits per heavy atom. The molecular formula is C12H23NO2. The monoisotopic (exact) mass is 213 g/mol. The second kappa shape index (κ2) is 6.83. The van der Waals surface area contributed by atoms with Gasteiger partial charge in [-0.1, -0.05) is 13.8 Å². The molecular weight excluding hydrogens is 190 g/mol. The minimum atomic E-state index is 0.144. The summed E-state index contributed by atoms with van der Waals surface area (Å²) in [6.07, 6.45) is 5.05. The van der Waals surface area contributed by atoms with E-state index < -0.39 is 0 Å². The van der Waals surface area contributed by atoms with E-state index in [1.54, 1.807) is 0 Å². The van der Waals surface area contributed by atoms with Gasteiger partial charge in [0, 0.05) is 19.1 Å². The summed E-state index contributed by atoms with van der Waals surface area (Å²) in [5.74, 6) is 0.914. The average molecular weight is 213 g/mol. The molecule has 88 valence electrons. The van der Waals surface area contributed by atoms with Gasteiger partial charge in [0.1, 0.15) is 0 Å². The van der Waals surface area contributed by atoms with Crippen molar-refractivity contribution in [3.63, 3.8) is 0 Å². The van der Waals surface area contributed by atoms with Crippen molar-refractivity contribution in [2.75, 3.05) is 13.2 Å². The Balaban J connectivity index is 2.03. The fourth-order valence-corrected chi connectivity index (χ4v) is 2.05. The lowest BCUT2D eigenvalue weighted by atomic mass is 10.1. The van der Waals surface area contributed by atoms with Crippen LogP contribution in [-0.4, -0.2) is 25.2 Å². The van der Waals surface area contributed by atoms with E-state index in [4.69, 9.17) is 4.74 Å². The Morgan fingerprint density at radius 2 is 2.20 bits per heavy atom.